The van der Waals surface area contributed by atoms with Crippen molar-refractivity contribution in [3.05, 3.63) is 29.3 Å². The minimum absolute atomic E-state index is 0.0385. The lowest BCUT2D eigenvalue weighted by Crippen LogP contribution is -2.50. The molecule has 0 saturated carbocycles. The first-order valence-corrected chi connectivity index (χ1v) is 10.3. The zero-order valence-corrected chi connectivity index (χ0v) is 17.8. The molecular weight excluding hydrogens is 394 g/mol. The van der Waals surface area contributed by atoms with E-state index in [-0.39, 0.29) is 18.0 Å². The lowest BCUT2D eigenvalue weighted by molar-refractivity contribution is -0.116. The third kappa shape index (κ3) is 8.19. The number of piperidine rings is 1. The summed E-state index contributed by atoms with van der Waals surface area (Å²) in [5, 5.41) is 10.1. The molecule has 8 nitrogen and oxygen atoms in total. The zero-order chi connectivity index (χ0) is 21.1. The Morgan fingerprint density at radius 3 is 2.55 bits per heavy atom. The van der Waals surface area contributed by atoms with Gasteiger partial charge >= 0.3 is 6.09 Å². The highest BCUT2D eigenvalue weighted by atomic mass is 35.5. The smallest absolute Gasteiger partial charge is 0.409 e. The van der Waals surface area contributed by atoms with Crippen molar-refractivity contribution in [1.29, 1.82) is 0 Å². The number of carbonyl (C=O) groups excluding carboxylic acids is 2. The zero-order valence-electron chi connectivity index (χ0n) is 17.0. The van der Waals surface area contributed by atoms with Crippen LogP contribution in [0.3, 0.4) is 0 Å². The molecule has 0 spiro atoms. The number of carbonyl (C=O) groups is 2. The van der Waals surface area contributed by atoms with E-state index in [1.54, 1.807) is 36.2 Å². The lowest BCUT2D eigenvalue weighted by atomic mass is 10.1. The molecule has 1 aromatic carbocycles. The van der Waals surface area contributed by atoms with Crippen LogP contribution in [0.2, 0.25) is 5.02 Å². The molecule has 160 valence electrons. The van der Waals surface area contributed by atoms with E-state index in [4.69, 9.17) is 16.3 Å². The summed E-state index contributed by atoms with van der Waals surface area (Å²) >= 11 is 5.84. The number of nitrogens with zero attached hydrogens (tertiary/aromatic N) is 2. The lowest BCUT2D eigenvalue weighted by Gasteiger charge is -2.32. The Labute approximate surface area is 177 Å². The van der Waals surface area contributed by atoms with Crippen LogP contribution in [-0.2, 0) is 9.53 Å². The number of anilines is 1. The fourth-order valence-corrected chi connectivity index (χ4v) is 3.15. The molecule has 1 saturated heterocycles. The average Bonchev–Trinajstić information content (AvgIpc) is 2.72. The number of benzene rings is 1. The number of likely N-dealkylation sites (tertiary alicyclic amines) is 1. The first-order valence-electron chi connectivity index (χ1n) is 9.96. The van der Waals surface area contributed by atoms with Gasteiger partial charge in [0, 0.05) is 49.9 Å². The number of hydrogen-bond donors (Lipinski definition) is 3. The second-order valence-corrected chi connectivity index (χ2v) is 7.20. The Kier molecular flexibility index (Phi) is 9.56. The second-order valence-electron chi connectivity index (χ2n) is 6.76. The molecule has 0 aliphatic carbocycles. The average molecular weight is 424 g/mol. The summed E-state index contributed by atoms with van der Waals surface area (Å²) in [5.41, 5.74) is 0.735. The van der Waals surface area contributed by atoms with Gasteiger partial charge in [-0.05, 0) is 50.5 Å². The molecule has 9 heteroatoms. The first-order chi connectivity index (χ1) is 14.0. The molecule has 3 N–H and O–H groups in total. The number of ether oxygens (including phenoxy) is 1. The van der Waals surface area contributed by atoms with E-state index in [0.717, 1.165) is 18.5 Å². The summed E-state index contributed by atoms with van der Waals surface area (Å²) in [4.78, 5) is 29.7. The third-order valence-electron chi connectivity index (χ3n) is 4.59. The molecule has 0 aromatic heterocycles. The summed E-state index contributed by atoms with van der Waals surface area (Å²) in [6.07, 6.45) is 2.52. The van der Waals surface area contributed by atoms with Gasteiger partial charge in [0.15, 0.2) is 5.96 Å². The summed E-state index contributed by atoms with van der Waals surface area (Å²) < 4.78 is 5.04. The van der Waals surface area contributed by atoms with Crippen molar-refractivity contribution >= 4 is 35.2 Å². The molecule has 1 fully saturated rings. The predicted octanol–water partition coefficient (Wildman–Crippen LogP) is 2.84. The maximum atomic E-state index is 12.0. The van der Waals surface area contributed by atoms with Gasteiger partial charge in [-0.2, -0.15) is 0 Å². The highest BCUT2D eigenvalue weighted by Crippen LogP contribution is 2.14. The largest absolute Gasteiger partial charge is 0.450 e. The van der Waals surface area contributed by atoms with Crippen LogP contribution in [0.5, 0.6) is 0 Å². The number of rotatable bonds is 7. The maximum Gasteiger partial charge on any atom is 0.409 e. The van der Waals surface area contributed by atoms with E-state index in [9.17, 15) is 9.59 Å². The molecule has 29 heavy (non-hydrogen) atoms. The van der Waals surface area contributed by atoms with E-state index in [1.807, 2.05) is 6.92 Å². The van der Waals surface area contributed by atoms with E-state index in [0.29, 0.717) is 50.1 Å². The van der Waals surface area contributed by atoms with Crippen molar-refractivity contribution in [1.82, 2.24) is 15.5 Å². The van der Waals surface area contributed by atoms with Gasteiger partial charge in [-0.15, -0.1) is 0 Å². The number of hydrogen-bond acceptors (Lipinski definition) is 4. The topological polar surface area (TPSA) is 95.1 Å². The van der Waals surface area contributed by atoms with Gasteiger partial charge in [0.25, 0.3) is 0 Å². The van der Waals surface area contributed by atoms with Gasteiger partial charge in [0.05, 0.1) is 6.61 Å². The summed E-state index contributed by atoms with van der Waals surface area (Å²) in [7, 11) is 1.72. The summed E-state index contributed by atoms with van der Waals surface area (Å²) in [6, 6.07) is 7.28. The minimum Gasteiger partial charge on any atom is -0.450 e. The van der Waals surface area contributed by atoms with Crippen LogP contribution >= 0.6 is 11.6 Å². The molecule has 0 bridgehead atoms. The van der Waals surface area contributed by atoms with Crippen LogP contribution in [0.1, 0.15) is 32.6 Å². The quantitative estimate of drug-likeness (QED) is 0.356. The van der Waals surface area contributed by atoms with E-state index < -0.39 is 0 Å². The monoisotopic (exact) mass is 423 g/mol. The van der Waals surface area contributed by atoms with Gasteiger partial charge < -0.3 is 25.6 Å². The van der Waals surface area contributed by atoms with Crippen LogP contribution in [0.25, 0.3) is 0 Å². The van der Waals surface area contributed by atoms with Crippen molar-refractivity contribution in [2.24, 2.45) is 4.99 Å². The van der Waals surface area contributed by atoms with Crippen molar-refractivity contribution < 1.29 is 14.3 Å². The number of guanidine groups is 1. The third-order valence-corrected chi connectivity index (χ3v) is 4.84. The molecule has 0 unspecified atom stereocenters. The van der Waals surface area contributed by atoms with Gasteiger partial charge in [-0.1, -0.05) is 11.6 Å². The molecule has 0 atom stereocenters. The van der Waals surface area contributed by atoms with E-state index in [1.165, 1.54) is 0 Å². The minimum atomic E-state index is -0.245. The van der Waals surface area contributed by atoms with Crippen LogP contribution in [0, 0.1) is 0 Å². The first kappa shape index (κ1) is 22.8. The number of amides is 2. The number of aliphatic imine (C=N–C) groups is 1. The van der Waals surface area contributed by atoms with Crippen LogP contribution in [-0.4, -0.2) is 62.2 Å². The number of nitrogens with one attached hydrogen (secondary N) is 3. The fraction of sp³-hybridized carbons (Fsp3) is 0.550. The van der Waals surface area contributed by atoms with Crippen molar-refractivity contribution in [2.45, 2.75) is 38.6 Å². The van der Waals surface area contributed by atoms with Gasteiger partial charge in [-0.25, -0.2) is 4.79 Å². The Morgan fingerprint density at radius 1 is 1.24 bits per heavy atom. The van der Waals surface area contributed by atoms with Crippen LogP contribution in [0.4, 0.5) is 10.5 Å². The molecule has 1 aliphatic rings. The Morgan fingerprint density at radius 2 is 1.93 bits per heavy atom. The molecule has 1 aliphatic heterocycles. The highest BCUT2D eigenvalue weighted by Gasteiger charge is 2.23. The van der Waals surface area contributed by atoms with Crippen molar-refractivity contribution in [3.8, 4) is 0 Å². The van der Waals surface area contributed by atoms with Gasteiger partial charge in [0.1, 0.15) is 0 Å². The second kappa shape index (κ2) is 12.2. The van der Waals surface area contributed by atoms with Gasteiger partial charge in [0.2, 0.25) is 5.91 Å². The van der Waals surface area contributed by atoms with Crippen LogP contribution < -0.4 is 16.0 Å². The molecule has 2 amide bonds. The fourth-order valence-electron chi connectivity index (χ4n) is 3.02. The Bertz CT molecular complexity index is 688. The van der Waals surface area contributed by atoms with Gasteiger partial charge in [-0.3, -0.25) is 9.79 Å². The molecule has 0 radical (unpaired) electrons. The summed E-state index contributed by atoms with van der Waals surface area (Å²) in [6.45, 7) is 4.17. The van der Waals surface area contributed by atoms with Crippen LogP contribution in [0.15, 0.2) is 29.3 Å². The molecular formula is C20H30ClN5O3. The molecule has 1 heterocycles. The highest BCUT2D eigenvalue weighted by molar-refractivity contribution is 6.30. The Balaban J connectivity index is 1.62. The van der Waals surface area contributed by atoms with Crippen molar-refractivity contribution in [3.63, 3.8) is 0 Å². The standard InChI is InChI=1S/C20H30ClN5O3/c1-3-29-20(28)26-13-10-17(11-14-26)25-19(22-2)23-12-4-5-18(27)24-16-8-6-15(21)7-9-16/h6-9,17H,3-5,10-14H2,1-2H3,(H,24,27)(H2,22,23,25). The maximum absolute atomic E-state index is 12.0. The van der Waals surface area contributed by atoms with E-state index >= 15 is 0 Å². The normalized spacial score (nSPS) is 15.0. The molecule has 2 rings (SSSR count). The SMILES string of the molecule is CCOC(=O)N1CCC(NC(=NC)NCCCC(=O)Nc2ccc(Cl)cc2)CC1. The van der Waals surface area contributed by atoms with E-state index in [2.05, 4.69) is 20.9 Å². The number of halogens is 1. The summed E-state index contributed by atoms with van der Waals surface area (Å²) in [5.74, 6) is 0.668. The van der Waals surface area contributed by atoms with Crippen molar-refractivity contribution in [2.75, 3.05) is 38.6 Å². The Hall–Kier alpha value is -2.48. The molecule has 1 aromatic rings. The predicted molar refractivity (Wildman–Crippen MR) is 115 cm³/mol.